The van der Waals surface area contributed by atoms with E-state index >= 15 is 0 Å². The Balaban J connectivity index is 0.000000385. The van der Waals surface area contributed by atoms with Crippen molar-refractivity contribution in [2.45, 2.75) is 62.4 Å². The van der Waals surface area contributed by atoms with Crippen LogP contribution in [0.2, 0.25) is 0 Å². The minimum absolute atomic E-state index is 0.107. The smallest absolute Gasteiger partial charge is 0.303 e. The minimum atomic E-state index is -3.59. The van der Waals surface area contributed by atoms with Gasteiger partial charge in [0.25, 0.3) is 5.56 Å². The fraction of sp³-hybridized carbons (Fsp3) is 0.478. The first kappa shape index (κ1) is 23.5. The summed E-state index contributed by atoms with van der Waals surface area (Å²) >= 11 is 0. The van der Waals surface area contributed by atoms with Crippen molar-refractivity contribution in [3.05, 3.63) is 40.8 Å². The number of hydrogen-bond acceptors (Lipinski definition) is 5. The molecule has 0 radical (unpaired) electrons. The molecule has 1 atom stereocenters. The molecule has 10 heteroatoms. The van der Waals surface area contributed by atoms with E-state index in [4.69, 9.17) is 5.11 Å². The number of aromatic nitrogens is 2. The second-order valence-electron chi connectivity index (χ2n) is 8.67. The molecule has 9 nitrogen and oxygen atoms in total. The SMILES string of the molecule is CCCC(=O)O.O=c1[nH]c2ccc(S(=O)(=O)N(C[C@H]3CCCN3)C3CC3)cc2c2cc[nH]c12. The number of nitrogens with zero attached hydrogens (tertiary/aromatic N) is 1. The van der Waals surface area contributed by atoms with E-state index in [9.17, 15) is 18.0 Å². The highest BCUT2D eigenvalue weighted by atomic mass is 32.2. The largest absolute Gasteiger partial charge is 0.481 e. The Bertz CT molecular complexity index is 1300. The molecule has 0 spiro atoms. The number of pyridine rings is 1. The third kappa shape index (κ3) is 5.13. The van der Waals surface area contributed by atoms with Crippen molar-refractivity contribution in [1.29, 1.82) is 0 Å². The molecule has 33 heavy (non-hydrogen) atoms. The topological polar surface area (TPSA) is 135 Å². The molecule has 3 aromatic rings. The average molecular weight is 475 g/mol. The lowest BCUT2D eigenvalue weighted by Crippen LogP contribution is -2.42. The zero-order valence-corrected chi connectivity index (χ0v) is 19.5. The van der Waals surface area contributed by atoms with E-state index in [-0.39, 0.29) is 22.5 Å². The number of carboxylic acid groups (broad SMARTS) is 1. The van der Waals surface area contributed by atoms with Gasteiger partial charge in [0.05, 0.1) is 4.90 Å². The maximum Gasteiger partial charge on any atom is 0.303 e. The zero-order chi connectivity index (χ0) is 23.6. The lowest BCUT2D eigenvalue weighted by atomic mass is 10.1. The number of carboxylic acids is 1. The molecule has 1 saturated carbocycles. The molecule has 2 aliphatic rings. The van der Waals surface area contributed by atoms with Gasteiger partial charge in [0, 0.05) is 47.5 Å². The Labute approximate surface area is 192 Å². The number of sulfonamides is 1. The Hall–Kier alpha value is -2.69. The van der Waals surface area contributed by atoms with Crippen molar-refractivity contribution in [3.63, 3.8) is 0 Å². The highest BCUT2D eigenvalue weighted by Crippen LogP contribution is 2.34. The predicted octanol–water partition coefficient (Wildman–Crippen LogP) is 2.79. The van der Waals surface area contributed by atoms with Crippen LogP contribution in [0.3, 0.4) is 0 Å². The van der Waals surface area contributed by atoms with Crippen LogP contribution in [-0.4, -0.2) is 58.9 Å². The average Bonchev–Trinajstić information content (AvgIpc) is 3.25. The number of rotatable bonds is 7. The molecular weight excluding hydrogens is 444 g/mol. The van der Waals surface area contributed by atoms with Gasteiger partial charge in [-0.25, -0.2) is 8.42 Å². The molecule has 0 amide bonds. The summed E-state index contributed by atoms with van der Waals surface area (Å²) in [6.07, 6.45) is 6.68. The zero-order valence-electron chi connectivity index (χ0n) is 18.6. The summed E-state index contributed by atoms with van der Waals surface area (Å²) < 4.78 is 28.5. The molecule has 1 aliphatic heterocycles. The monoisotopic (exact) mass is 474 g/mol. The van der Waals surface area contributed by atoms with Gasteiger partial charge in [-0.2, -0.15) is 4.31 Å². The van der Waals surface area contributed by atoms with Crippen LogP contribution in [0, 0.1) is 0 Å². The van der Waals surface area contributed by atoms with Crippen molar-refractivity contribution in [1.82, 2.24) is 19.6 Å². The van der Waals surface area contributed by atoms with Crippen molar-refractivity contribution in [3.8, 4) is 0 Å². The van der Waals surface area contributed by atoms with Crippen molar-refractivity contribution >= 4 is 37.8 Å². The molecule has 3 heterocycles. The van der Waals surface area contributed by atoms with E-state index in [0.717, 1.165) is 49.4 Å². The summed E-state index contributed by atoms with van der Waals surface area (Å²) in [7, 11) is -3.59. The van der Waals surface area contributed by atoms with Gasteiger partial charge in [0.1, 0.15) is 5.52 Å². The quantitative estimate of drug-likeness (QED) is 0.416. The van der Waals surface area contributed by atoms with Gasteiger partial charge in [-0.05, 0) is 62.9 Å². The molecular formula is C23H30N4O5S. The van der Waals surface area contributed by atoms with Gasteiger partial charge >= 0.3 is 5.97 Å². The van der Waals surface area contributed by atoms with Crippen LogP contribution in [-0.2, 0) is 14.8 Å². The number of hydrogen-bond donors (Lipinski definition) is 4. The van der Waals surface area contributed by atoms with Gasteiger partial charge in [-0.3, -0.25) is 9.59 Å². The molecule has 5 rings (SSSR count). The number of fused-ring (bicyclic) bond motifs is 3. The van der Waals surface area contributed by atoms with Crippen LogP contribution in [0.15, 0.2) is 40.2 Å². The van der Waals surface area contributed by atoms with E-state index < -0.39 is 16.0 Å². The van der Waals surface area contributed by atoms with Crippen LogP contribution in [0.4, 0.5) is 0 Å². The highest BCUT2D eigenvalue weighted by molar-refractivity contribution is 7.89. The fourth-order valence-electron chi connectivity index (χ4n) is 4.27. The second-order valence-corrected chi connectivity index (χ2v) is 10.6. The van der Waals surface area contributed by atoms with Crippen LogP contribution in [0.5, 0.6) is 0 Å². The minimum Gasteiger partial charge on any atom is -0.481 e. The van der Waals surface area contributed by atoms with Crippen LogP contribution >= 0.6 is 0 Å². The Morgan fingerprint density at radius 1 is 1.18 bits per heavy atom. The van der Waals surface area contributed by atoms with Gasteiger partial charge in [-0.15, -0.1) is 0 Å². The molecule has 1 aliphatic carbocycles. The van der Waals surface area contributed by atoms with Crippen LogP contribution in [0.1, 0.15) is 45.4 Å². The maximum atomic E-state index is 13.4. The van der Waals surface area contributed by atoms with E-state index in [0.29, 0.717) is 24.0 Å². The molecule has 178 valence electrons. The molecule has 1 saturated heterocycles. The van der Waals surface area contributed by atoms with Gasteiger partial charge in [-0.1, -0.05) is 6.92 Å². The molecule has 1 aromatic carbocycles. The Morgan fingerprint density at radius 3 is 2.58 bits per heavy atom. The van der Waals surface area contributed by atoms with Gasteiger partial charge < -0.3 is 20.4 Å². The van der Waals surface area contributed by atoms with Crippen molar-refractivity contribution in [2.24, 2.45) is 0 Å². The number of H-pyrrole nitrogens is 2. The summed E-state index contributed by atoms with van der Waals surface area (Å²) in [4.78, 5) is 27.7. The maximum absolute atomic E-state index is 13.4. The highest BCUT2D eigenvalue weighted by Gasteiger charge is 2.39. The van der Waals surface area contributed by atoms with E-state index in [1.165, 1.54) is 0 Å². The van der Waals surface area contributed by atoms with Crippen molar-refractivity contribution in [2.75, 3.05) is 13.1 Å². The fourth-order valence-corrected chi connectivity index (χ4v) is 6.02. The van der Waals surface area contributed by atoms with Gasteiger partial charge in [0.15, 0.2) is 0 Å². The predicted molar refractivity (Wildman–Crippen MR) is 127 cm³/mol. The number of nitrogens with one attached hydrogen (secondary N) is 3. The number of aromatic amines is 2. The first-order chi connectivity index (χ1) is 15.8. The summed E-state index contributed by atoms with van der Waals surface area (Å²) in [6, 6.07) is 7.13. The van der Waals surface area contributed by atoms with E-state index in [2.05, 4.69) is 15.3 Å². The normalized spacial score (nSPS) is 18.5. The summed E-state index contributed by atoms with van der Waals surface area (Å²) in [5.41, 5.74) is 0.901. The van der Waals surface area contributed by atoms with E-state index in [1.54, 1.807) is 28.7 Å². The first-order valence-corrected chi connectivity index (χ1v) is 12.9. The molecule has 4 N–H and O–H groups in total. The Kier molecular flexibility index (Phi) is 6.87. The lowest BCUT2D eigenvalue weighted by molar-refractivity contribution is -0.137. The molecule has 2 aromatic heterocycles. The summed E-state index contributed by atoms with van der Waals surface area (Å²) in [6.45, 7) is 3.32. The van der Waals surface area contributed by atoms with Crippen LogP contribution < -0.4 is 10.9 Å². The lowest BCUT2D eigenvalue weighted by Gasteiger charge is -2.25. The third-order valence-electron chi connectivity index (χ3n) is 6.09. The molecule has 0 bridgehead atoms. The molecule has 0 unspecified atom stereocenters. The first-order valence-electron chi connectivity index (χ1n) is 11.4. The van der Waals surface area contributed by atoms with Crippen molar-refractivity contribution < 1.29 is 18.3 Å². The van der Waals surface area contributed by atoms with E-state index in [1.807, 2.05) is 13.0 Å². The van der Waals surface area contributed by atoms with Crippen LogP contribution in [0.25, 0.3) is 21.8 Å². The van der Waals surface area contributed by atoms with Gasteiger partial charge in [0.2, 0.25) is 10.0 Å². The number of aliphatic carboxylic acids is 1. The summed E-state index contributed by atoms with van der Waals surface area (Å²) in [5.74, 6) is -0.711. The second kappa shape index (κ2) is 9.66. The Morgan fingerprint density at radius 2 is 1.97 bits per heavy atom. The number of benzene rings is 1. The molecule has 2 fully saturated rings. The number of carbonyl (C=O) groups is 1. The summed E-state index contributed by atoms with van der Waals surface area (Å²) in [5, 5.41) is 12.8. The standard InChI is InChI=1S/C19H22N4O3S.C4H8O2/c24-19-18-15(7-9-21-18)16-10-14(5-6-17(16)22-19)27(25,26)23(13-3-4-13)11-12-2-1-8-20-12;1-2-3-4(5)6/h5-7,9-10,12-13,20-21H,1-4,8,11H2,(H,22,24);2-3H2,1H3,(H,5,6)/t12-;/m1./s1. The third-order valence-corrected chi connectivity index (χ3v) is 8.01.